The van der Waals surface area contributed by atoms with E-state index in [2.05, 4.69) is 10.6 Å². The van der Waals surface area contributed by atoms with Crippen molar-refractivity contribution in [3.63, 3.8) is 0 Å². The summed E-state index contributed by atoms with van der Waals surface area (Å²) in [7, 11) is -3.69. The molecule has 3 amide bonds. The van der Waals surface area contributed by atoms with Gasteiger partial charge in [0, 0.05) is 6.04 Å². The Morgan fingerprint density at radius 2 is 1.89 bits per heavy atom. The normalized spacial score (nSPS) is 28.5. The summed E-state index contributed by atoms with van der Waals surface area (Å²) >= 11 is 0. The summed E-state index contributed by atoms with van der Waals surface area (Å²) in [6.07, 6.45) is 0.488. The van der Waals surface area contributed by atoms with Crippen molar-refractivity contribution in [2.75, 3.05) is 6.61 Å². The number of hydrogen-bond donors (Lipinski definition) is 3. The Kier molecular flexibility index (Phi) is 5.91. The largest absolute Gasteiger partial charge is 0.394 e. The monoisotopic (exact) mass is 403 g/mol. The van der Waals surface area contributed by atoms with E-state index in [0.29, 0.717) is 6.42 Å². The summed E-state index contributed by atoms with van der Waals surface area (Å²) in [6.45, 7) is 7.91. The first-order valence-corrected chi connectivity index (χ1v) is 10.7. The van der Waals surface area contributed by atoms with Gasteiger partial charge in [-0.25, -0.2) is 8.42 Å². The molecular weight excluding hydrogens is 374 g/mol. The molecule has 2 fully saturated rings. The van der Waals surface area contributed by atoms with Crippen LogP contribution in [0.2, 0.25) is 0 Å². The minimum Gasteiger partial charge on any atom is -0.394 e. The van der Waals surface area contributed by atoms with Gasteiger partial charge in [-0.05, 0) is 26.7 Å². The minimum absolute atomic E-state index is 0.112. The Balaban J connectivity index is 2.26. The number of rotatable bonds is 7. The molecule has 5 atom stereocenters. The Bertz CT molecular complexity index is 735. The van der Waals surface area contributed by atoms with Gasteiger partial charge in [0.05, 0.1) is 17.8 Å². The predicted octanol–water partition coefficient (Wildman–Crippen LogP) is -0.852. The van der Waals surface area contributed by atoms with E-state index in [1.54, 1.807) is 13.8 Å². The van der Waals surface area contributed by atoms with Gasteiger partial charge in [0.15, 0.2) is 9.84 Å². The molecule has 0 saturated carbocycles. The lowest BCUT2D eigenvalue weighted by molar-refractivity contribution is -0.150. The van der Waals surface area contributed by atoms with E-state index in [0.717, 1.165) is 4.90 Å². The van der Waals surface area contributed by atoms with Crippen LogP contribution in [0.25, 0.3) is 0 Å². The molecule has 0 aromatic carbocycles. The summed E-state index contributed by atoms with van der Waals surface area (Å²) in [5, 5.41) is 13.4. The molecule has 2 rings (SSSR count). The number of nitrogens with zero attached hydrogens (tertiary/aromatic N) is 1. The zero-order valence-corrected chi connectivity index (χ0v) is 17.2. The maximum Gasteiger partial charge on any atom is 0.245 e. The van der Waals surface area contributed by atoms with E-state index >= 15 is 0 Å². The van der Waals surface area contributed by atoms with Crippen molar-refractivity contribution >= 4 is 27.6 Å². The number of sulfone groups is 1. The molecule has 2 aliphatic heterocycles. The third-order valence-electron chi connectivity index (χ3n) is 5.68. The fourth-order valence-electron chi connectivity index (χ4n) is 3.57. The van der Waals surface area contributed by atoms with Crippen LogP contribution in [0.15, 0.2) is 0 Å². The molecule has 2 heterocycles. The van der Waals surface area contributed by atoms with Crippen LogP contribution < -0.4 is 10.6 Å². The maximum absolute atomic E-state index is 13.0. The van der Waals surface area contributed by atoms with Gasteiger partial charge in [-0.2, -0.15) is 0 Å². The SMILES string of the molecule is CCC(C)C(NC(=O)C1N2C(=O)CC2S(=O)(=O)C1(C)C)C(=O)NC(C)CO. The first-order valence-electron chi connectivity index (χ1n) is 9.16. The number of aliphatic hydroxyl groups is 1. The van der Waals surface area contributed by atoms with E-state index in [1.165, 1.54) is 13.8 Å². The highest BCUT2D eigenvalue weighted by atomic mass is 32.2. The average Bonchev–Trinajstić information content (AvgIpc) is 2.72. The van der Waals surface area contributed by atoms with Crippen LogP contribution in [0.1, 0.15) is 47.5 Å². The van der Waals surface area contributed by atoms with Crippen molar-refractivity contribution in [3.05, 3.63) is 0 Å². The van der Waals surface area contributed by atoms with Gasteiger partial charge in [-0.3, -0.25) is 14.4 Å². The zero-order chi connectivity index (χ0) is 20.7. The first-order chi connectivity index (χ1) is 12.4. The predicted molar refractivity (Wildman–Crippen MR) is 98.1 cm³/mol. The van der Waals surface area contributed by atoms with E-state index in [9.17, 15) is 22.8 Å². The maximum atomic E-state index is 13.0. The van der Waals surface area contributed by atoms with Crippen LogP contribution in [0.3, 0.4) is 0 Å². The van der Waals surface area contributed by atoms with Gasteiger partial charge >= 0.3 is 0 Å². The molecule has 154 valence electrons. The molecule has 0 spiro atoms. The molecule has 0 bridgehead atoms. The summed E-state index contributed by atoms with van der Waals surface area (Å²) in [6, 6.07) is -2.56. The lowest BCUT2D eigenvalue weighted by Gasteiger charge is -2.37. The number of hydrogen-bond acceptors (Lipinski definition) is 6. The molecule has 5 unspecified atom stereocenters. The molecule has 2 aliphatic rings. The molecule has 0 aromatic heterocycles. The Morgan fingerprint density at radius 1 is 1.30 bits per heavy atom. The van der Waals surface area contributed by atoms with E-state index < -0.39 is 49.9 Å². The topological polar surface area (TPSA) is 133 Å². The Hall–Kier alpha value is -1.68. The highest BCUT2D eigenvalue weighted by Crippen LogP contribution is 2.45. The highest BCUT2D eigenvalue weighted by molar-refractivity contribution is 7.93. The van der Waals surface area contributed by atoms with Crippen LogP contribution in [0.5, 0.6) is 0 Å². The summed E-state index contributed by atoms with van der Waals surface area (Å²) in [4.78, 5) is 38.6. The van der Waals surface area contributed by atoms with Crippen LogP contribution in [-0.2, 0) is 24.2 Å². The number of β-lactam (4-membered cyclic amide) rings is 1. The second-order valence-electron chi connectivity index (χ2n) is 7.97. The average molecular weight is 404 g/mol. The fourth-order valence-corrected chi connectivity index (χ4v) is 5.70. The van der Waals surface area contributed by atoms with E-state index in [4.69, 9.17) is 5.11 Å². The van der Waals surface area contributed by atoms with Crippen molar-refractivity contribution in [1.29, 1.82) is 0 Å². The smallest absolute Gasteiger partial charge is 0.245 e. The molecule has 0 radical (unpaired) electrons. The molecule has 2 saturated heterocycles. The molecule has 10 heteroatoms. The lowest BCUT2D eigenvalue weighted by Crippen LogP contribution is -2.62. The molecule has 27 heavy (non-hydrogen) atoms. The van der Waals surface area contributed by atoms with Crippen molar-refractivity contribution in [3.8, 4) is 0 Å². The lowest BCUT2D eigenvalue weighted by atomic mass is 9.94. The number of aliphatic hydroxyl groups excluding tert-OH is 1. The second-order valence-corrected chi connectivity index (χ2v) is 10.7. The third-order valence-corrected chi connectivity index (χ3v) is 8.48. The second kappa shape index (κ2) is 7.38. The van der Waals surface area contributed by atoms with Crippen molar-refractivity contribution < 1.29 is 27.9 Å². The number of amides is 3. The Morgan fingerprint density at radius 3 is 2.37 bits per heavy atom. The first kappa shape index (κ1) is 21.6. The van der Waals surface area contributed by atoms with E-state index in [-0.39, 0.29) is 24.9 Å². The zero-order valence-electron chi connectivity index (χ0n) is 16.4. The number of fused-ring (bicyclic) bond motifs is 1. The van der Waals surface area contributed by atoms with Crippen molar-refractivity contribution in [2.45, 2.75) is 75.7 Å². The summed E-state index contributed by atoms with van der Waals surface area (Å²) in [5.41, 5.74) is 0. The number of nitrogens with one attached hydrogen (secondary N) is 2. The highest BCUT2D eigenvalue weighted by Gasteiger charge is 2.67. The van der Waals surface area contributed by atoms with Gasteiger partial charge in [0.25, 0.3) is 0 Å². The van der Waals surface area contributed by atoms with Crippen LogP contribution >= 0.6 is 0 Å². The molecule has 9 nitrogen and oxygen atoms in total. The molecule has 0 aromatic rings. The fraction of sp³-hybridized carbons (Fsp3) is 0.824. The van der Waals surface area contributed by atoms with Crippen molar-refractivity contribution in [1.82, 2.24) is 15.5 Å². The molecule has 0 aliphatic carbocycles. The number of carbonyl (C=O) groups is 3. The van der Waals surface area contributed by atoms with Crippen LogP contribution in [0, 0.1) is 5.92 Å². The summed E-state index contributed by atoms with van der Waals surface area (Å²) < 4.78 is 23.9. The minimum atomic E-state index is -3.69. The third kappa shape index (κ3) is 3.44. The van der Waals surface area contributed by atoms with Gasteiger partial charge in [-0.1, -0.05) is 20.3 Å². The summed E-state index contributed by atoms with van der Waals surface area (Å²) in [5.74, 6) is -1.71. The van der Waals surface area contributed by atoms with Crippen molar-refractivity contribution in [2.24, 2.45) is 5.92 Å². The van der Waals surface area contributed by atoms with Crippen LogP contribution in [0.4, 0.5) is 0 Å². The van der Waals surface area contributed by atoms with Gasteiger partial charge < -0.3 is 20.6 Å². The number of carbonyl (C=O) groups excluding carboxylic acids is 3. The Labute approximate surface area is 159 Å². The quantitative estimate of drug-likeness (QED) is 0.474. The van der Waals surface area contributed by atoms with E-state index in [1.807, 2.05) is 6.92 Å². The molecule has 3 N–H and O–H groups in total. The van der Waals surface area contributed by atoms with Gasteiger partial charge in [0.1, 0.15) is 17.5 Å². The van der Waals surface area contributed by atoms with Gasteiger partial charge in [0.2, 0.25) is 17.7 Å². The van der Waals surface area contributed by atoms with Crippen LogP contribution in [-0.4, -0.2) is 71.0 Å². The van der Waals surface area contributed by atoms with Gasteiger partial charge in [-0.15, -0.1) is 0 Å². The standard InChI is InChI=1S/C17H29N3O6S/c1-6-9(2)13(15(23)18-10(3)8-21)19-16(24)14-17(4,5)27(25,26)12-7-11(22)20(12)14/h9-10,12-14,21H,6-8H2,1-5H3,(H,18,23)(H,19,24). The molecular formula is C17H29N3O6S.